The Morgan fingerprint density at radius 2 is 1.64 bits per heavy atom. The van der Waals surface area contributed by atoms with E-state index in [1.807, 2.05) is 63.3 Å². The lowest BCUT2D eigenvalue weighted by Gasteiger charge is -2.27. The Labute approximate surface area is 482 Å². The molecule has 1 saturated heterocycles. The third kappa shape index (κ3) is 14.9. The normalized spacial score (nSPS) is 19.8. The number of imidazole rings is 1. The second kappa shape index (κ2) is 26.0. The van der Waals surface area contributed by atoms with Crippen molar-refractivity contribution in [3.05, 3.63) is 119 Å². The minimum absolute atomic E-state index is 0.0359. The number of amides is 2. The number of rotatable bonds is 24. The molecule has 0 bridgehead atoms. The van der Waals surface area contributed by atoms with Gasteiger partial charge in [-0.3, -0.25) is 18.4 Å². The number of carbonyl (C=O) groups excluding carboxylic acids is 2. The molecule has 2 aromatic carbocycles. The number of carbonyl (C=O) groups is 2. The number of fused-ring (bicyclic) bond motifs is 3. The number of phosphoric acid groups is 3. The lowest BCUT2D eigenvalue weighted by Crippen LogP contribution is -2.42. The maximum atomic E-state index is 13.1. The first-order valence-electron chi connectivity index (χ1n) is 26.4. The number of allylic oxidation sites excluding steroid dienone is 3. The molecule has 6 atom stereocenters. The number of ether oxygens (including phenoxy) is 2. The molecule has 4 aromatic rings. The quantitative estimate of drug-likeness (QED) is 0.0147. The van der Waals surface area contributed by atoms with Gasteiger partial charge >= 0.3 is 29.6 Å². The molecular weight excluding hydrogens is 1180 g/mol. The van der Waals surface area contributed by atoms with Gasteiger partial charge in [-0.2, -0.15) is 17.0 Å². The molecular formula is C52H65N9O19P3S+. The molecule has 0 radical (unpaired) electrons. The topological polar surface area (TPSA) is 400 Å². The van der Waals surface area contributed by atoms with Crippen molar-refractivity contribution in [2.45, 2.75) is 95.2 Å². The van der Waals surface area contributed by atoms with Gasteiger partial charge in [0.15, 0.2) is 23.8 Å². The van der Waals surface area contributed by atoms with Gasteiger partial charge in [0.2, 0.25) is 11.3 Å². The Hall–Kier alpha value is -6.52. The molecule has 4 aliphatic rings. The Kier molecular flexibility index (Phi) is 19.6. The first kappa shape index (κ1) is 63.5. The second-order valence-electron chi connectivity index (χ2n) is 20.0. The van der Waals surface area contributed by atoms with E-state index in [4.69, 9.17) is 33.9 Å². The van der Waals surface area contributed by atoms with E-state index in [2.05, 4.69) is 81.8 Å². The molecule has 32 heteroatoms. The van der Waals surface area contributed by atoms with Crippen molar-refractivity contribution in [3.63, 3.8) is 0 Å². The predicted molar refractivity (Wildman–Crippen MR) is 305 cm³/mol. The monoisotopic (exact) mass is 1240 g/mol. The van der Waals surface area contributed by atoms with Gasteiger partial charge in [0.1, 0.15) is 48.7 Å². The van der Waals surface area contributed by atoms with Gasteiger partial charge < -0.3 is 59.8 Å². The third-order valence-electron chi connectivity index (χ3n) is 14.1. The standard InChI is InChI=1S/C52H64N9O19P3S/c1-6-59(7-2)34-20-22-37-36(32(3)46(76-40(37)27-34)33-15-10-8-11-16-33)17-14-18-42-52(4,5)38-28-35(84(72,73)74)21-23-39(38)60(42)26-13-9-12-19-43(62)54-24-25-55-51(64)78-47-41(29-75-82(68,69)80-83(70,71)79-81(65,66)67)77-50(45(47)63)61-31-58-44-48(53)56-30-57-49(44)61/h8,10-11,14-18,20-23,27-28,30-31,41,45,47,50,63H,6-7,9,12-13,19,24-26,29H2,1-5H3,(H8-,53,54,55,56,57,62,64,65,66,67,68,69,70,71,72,73,74)/p+1/t41-,45-,47-,50-/m1/s1. The number of alkyl carbamates (subject to hydrolysis) is 1. The van der Waals surface area contributed by atoms with Crippen LogP contribution in [-0.4, -0.2) is 127 Å². The molecule has 10 N–H and O–H groups in total. The molecule has 2 amide bonds. The van der Waals surface area contributed by atoms with Crippen LogP contribution in [0.4, 0.5) is 16.3 Å². The van der Waals surface area contributed by atoms with Crippen molar-refractivity contribution >= 4 is 74.3 Å². The van der Waals surface area contributed by atoms with E-state index in [1.54, 1.807) is 6.07 Å². The van der Waals surface area contributed by atoms with Gasteiger partial charge in [0, 0.05) is 65.6 Å². The van der Waals surface area contributed by atoms with Gasteiger partial charge in [0.25, 0.3) is 10.1 Å². The van der Waals surface area contributed by atoms with Crippen molar-refractivity contribution in [1.29, 1.82) is 0 Å². The van der Waals surface area contributed by atoms with Crippen LogP contribution in [0.25, 0.3) is 39.9 Å². The van der Waals surface area contributed by atoms with E-state index in [0.29, 0.717) is 31.4 Å². The zero-order chi connectivity index (χ0) is 60.9. The molecule has 5 heterocycles. The van der Waals surface area contributed by atoms with Crippen LogP contribution in [0.5, 0.6) is 0 Å². The minimum atomic E-state index is -5.90. The van der Waals surface area contributed by atoms with Crippen molar-refractivity contribution in [2.75, 3.05) is 50.0 Å². The van der Waals surface area contributed by atoms with Gasteiger partial charge in [-0.05, 0) is 75.1 Å². The summed E-state index contributed by atoms with van der Waals surface area (Å²) in [7, 11) is -21.8. The number of phosphoric ester groups is 1. The molecule has 3 aliphatic heterocycles. The summed E-state index contributed by atoms with van der Waals surface area (Å²) in [6, 6.07) is 20.7. The second-order valence-corrected chi connectivity index (χ2v) is 25.9. The summed E-state index contributed by atoms with van der Waals surface area (Å²) in [5.41, 5.74) is 11.4. The van der Waals surface area contributed by atoms with Crippen LogP contribution in [0.1, 0.15) is 76.3 Å². The predicted octanol–water partition coefficient (Wildman–Crippen LogP) is 5.91. The summed E-state index contributed by atoms with van der Waals surface area (Å²) in [5.74, 6) is 1.10. The maximum Gasteiger partial charge on any atom is 0.490 e. The zero-order valence-electron chi connectivity index (χ0n) is 46.1. The number of hydrogen-bond donors (Lipinski definition) is 9. The number of benzene rings is 3. The van der Waals surface area contributed by atoms with E-state index >= 15 is 0 Å². The molecule has 2 aromatic heterocycles. The summed E-state index contributed by atoms with van der Waals surface area (Å²) < 4.78 is 104. The van der Waals surface area contributed by atoms with Crippen LogP contribution in [-0.2, 0) is 56.6 Å². The van der Waals surface area contributed by atoms with Crippen molar-refractivity contribution < 1.29 is 88.0 Å². The fraction of sp³-hybridized carbons (Fsp3) is 0.385. The van der Waals surface area contributed by atoms with Gasteiger partial charge in [-0.15, -0.1) is 0 Å². The highest BCUT2D eigenvalue weighted by molar-refractivity contribution is 7.85. The number of aromatic nitrogens is 4. The summed E-state index contributed by atoms with van der Waals surface area (Å²) in [6.45, 7) is 11.0. The number of aliphatic hydroxyl groups excluding tert-OH is 1. The third-order valence-corrected chi connectivity index (χ3v) is 18.7. The number of nitrogens with one attached hydrogen (secondary N) is 2. The van der Waals surface area contributed by atoms with E-state index in [1.165, 1.54) is 16.7 Å². The number of nitrogen functional groups attached to an aromatic ring is 1. The molecule has 2 unspecified atom stereocenters. The van der Waals surface area contributed by atoms with E-state index in [-0.39, 0.29) is 47.3 Å². The lowest BCUT2D eigenvalue weighted by atomic mass is 9.83. The summed E-state index contributed by atoms with van der Waals surface area (Å²) in [4.78, 5) is 77.4. The fourth-order valence-corrected chi connectivity index (χ4v) is 13.6. The molecule has 452 valence electrons. The molecule has 0 spiro atoms. The van der Waals surface area contributed by atoms with Gasteiger partial charge in [0.05, 0.1) is 23.9 Å². The number of unbranched alkanes of at least 4 members (excludes halogenated alkanes) is 2. The van der Waals surface area contributed by atoms with E-state index in [9.17, 15) is 51.1 Å². The van der Waals surface area contributed by atoms with Crippen LogP contribution >= 0.6 is 23.5 Å². The Morgan fingerprint density at radius 3 is 2.35 bits per heavy atom. The molecule has 8 rings (SSSR count). The van der Waals surface area contributed by atoms with Crippen LogP contribution in [0.2, 0.25) is 0 Å². The van der Waals surface area contributed by atoms with Gasteiger partial charge in [-0.25, -0.2) is 38.0 Å². The molecule has 84 heavy (non-hydrogen) atoms. The smallest absolute Gasteiger partial charge is 0.456 e. The highest BCUT2D eigenvalue weighted by Gasteiger charge is 2.50. The van der Waals surface area contributed by atoms with Crippen LogP contribution in [0.3, 0.4) is 0 Å². The SMILES string of the molecule is CC[N+](CC)=c1ccc2c(/C=C/C=C3/N(CCCCCC(=O)NCCNC(=O)O[C@H]4[C@@H](O)[C@H](n5cnc6c(N)ncnc65)O[C@@H]4COP(=O)(O)OP(=O)(O)OP(=O)(O)O)c4ccc(S(=O)(=O)O)cc4C3(C)C)c(C)c(-c3ccccc3)oc-2c1. The van der Waals surface area contributed by atoms with Crippen molar-refractivity contribution in [3.8, 4) is 22.6 Å². The Balaban J connectivity index is 0.892. The van der Waals surface area contributed by atoms with E-state index < -0.39 is 76.2 Å². The largest absolute Gasteiger partial charge is 0.490 e. The maximum absolute atomic E-state index is 13.1. The molecule has 28 nitrogen and oxygen atoms in total. The zero-order valence-corrected chi connectivity index (χ0v) is 49.6. The lowest BCUT2D eigenvalue weighted by molar-refractivity contribution is -0.121. The number of hydrogen-bond acceptors (Lipinski definition) is 19. The molecule has 0 saturated carbocycles. The highest BCUT2D eigenvalue weighted by Crippen LogP contribution is 2.66. The van der Waals surface area contributed by atoms with Crippen LogP contribution < -0.4 is 31.2 Å². The first-order chi connectivity index (χ1) is 39.6. The summed E-state index contributed by atoms with van der Waals surface area (Å²) >= 11 is 0. The Morgan fingerprint density at radius 1 is 0.917 bits per heavy atom. The first-order valence-corrected chi connectivity index (χ1v) is 32.3. The number of nitrogens with two attached hydrogens (primary N) is 1. The highest BCUT2D eigenvalue weighted by atomic mass is 32.2. The average molecular weight is 1250 g/mol. The van der Waals surface area contributed by atoms with Gasteiger partial charge in [-0.1, -0.05) is 62.8 Å². The Bertz CT molecular complexity index is 3790. The van der Waals surface area contributed by atoms with Crippen molar-refractivity contribution in [2.24, 2.45) is 0 Å². The van der Waals surface area contributed by atoms with Crippen LogP contribution in [0.15, 0.2) is 107 Å². The summed E-state index contributed by atoms with van der Waals surface area (Å²) in [6.07, 6.45) is 2.33. The summed E-state index contributed by atoms with van der Waals surface area (Å²) in [5, 5.41) is 17.5. The number of aliphatic hydroxyl groups is 1. The number of nitrogens with zero attached hydrogens (tertiary/aromatic N) is 6. The van der Waals surface area contributed by atoms with Crippen LogP contribution in [0, 0.1) is 6.92 Å². The minimum Gasteiger partial charge on any atom is -0.456 e. The average Bonchev–Trinajstić information content (AvgIpc) is 1.84. The number of anilines is 2. The molecule has 1 fully saturated rings. The van der Waals surface area contributed by atoms with E-state index in [0.717, 1.165) is 76.3 Å². The molecule has 1 aliphatic carbocycles. The fourth-order valence-electron chi connectivity index (χ4n) is 10.1. The van der Waals surface area contributed by atoms with Crippen molar-refractivity contribution in [1.82, 2.24) is 34.7 Å².